The molecule has 0 heterocycles. The summed E-state index contributed by atoms with van der Waals surface area (Å²) in [6, 6.07) is 1.95. The van der Waals surface area contributed by atoms with Crippen molar-refractivity contribution in [2.24, 2.45) is 5.92 Å². The summed E-state index contributed by atoms with van der Waals surface area (Å²) >= 11 is 0. The van der Waals surface area contributed by atoms with Gasteiger partial charge >= 0.3 is 0 Å². The van der Waals surface area contributed by atoms with Gasteiger partial charge in [0, 0.05) is 0 Å². The average Bonchev–Trinajstić information content (AvgIpc) is 2.51. The molecule has 0 radical (unpaired) electrons. The van der Waals surface area contributed by atoms with Crippen LogP contribution < -0.4 is 0 Å². The van der Waals surface area contributed by atoms with E-state index < -0.39 is 12.2 Å². The van der Waals surface area contributed by atoms with Gasteiger partial charge in [-0.05, 0) is 6.42 Å². The number of hydrogen-bond acceptors (Lipinski definition) is 3. The Hall–Kier alpha value is -0.590. The van der Waals surface area contributed by atoms with Crippen LogP contribution in [-0.4, -0.2) is 16.5 Å². The molecule has 0 spiro atoms. The summed E-state index contributed by atoms with van der Waals surface area (Å²) in [5.41, 5.74) is 0. The lowest BCUT2D eigenvalue weighted by atomic mass is 10.0. The first kappa shape index (κ1) is 21.4. The van der Waals surface area contributed by atoms with Crippen molar-refractivity contribution in [1.82, 2.24) is 0 Å². The standard InChI is InChI=1S/C19H37NO2/c1-2-3-4-5-6-7-8-9-10-11-12-13-14-15-16-18(17-20)19(21)22/h18-19,21-22H,2-16H2,1H3. The fourth-order valence-corrected chi connectivity index (χ4v) is 2.84. The Morgan fingerprint density at radius 2 is 1.05 bits per heavy atom. The minimum atomic E-state index is -1.48. The third-order valence-electron chi connectivity index (χ3n) is 4.39. The molecule has 1 atom stereocenters. The molecule has 0 aliphatic rings. The van der Waals surface area contributed by atoms with Gasteiger partial charge in [-0.2, -0.15) is 5.26 Å². The SMILES string of the molecule is CCCCCCCCCCCCCCCCC(C#N)C(O)O. The molecule has 0 fully saturated rings. The van der Waals surface area contributed by atoms with Gasteiger partial charge < -0.3 is 10.2 Å². The summed E-state index contributed by atoms with van der Waals surface area (Å²) < 4.78 is 0. The van der Waals surface area contributed by atoms with E-state index in [1.807, 2.05) is 6.07 Å². The lowest BCUT2D eigenvalue weighted by Crippen LogP contribution is -2.17. The maximum absolute atomic E-state index is 8.95. The molecule has 0 aromatic rings. The number of aliphatic hydroxyl groups is 2. The van der Waals surface area contributed by atoms with E-state index in [2.05, 4.69) is 6.92 Å². The van der Waals surface area contributed by atoms with Crippen LogP contribution in [0, 0.1) is 17.2 Å². The van der Waals surface area contributed by atoms with Crippen LogP contribution in [0.5, 0.6) is 0 Å². The third kappa shape index (κ3) is 14.4. The second-order valence-corrected chi connectivity index (χ2v) is 6.53. The molecule has 0 rings (SSSR count). The maximum Gasteiger partial charge on any atom is 0.167 e. The van der Waals surface area contributed by atoms with E-state index in [4.69, 9.17) is 15.5 Å². The predicted molar refractivity (Wildman–Crippen MR) is 92.3 cm³/mol. The smallest absolute Gasteiger partial charge is 0.167 e. The topological polar surface area (TPSA) is 64.2 Å². The zero-order valence-corrected chi connectivity index (χ0v) is 14.6. The molecule has 0 amide bonds. The summed E-state index contributed by atoms with van der Waals surface area (Å²) in [5, 5.41) is 26.6. The molecule has 22 heavy (non-hydrogen) atoms. The summed E-state index contributed by atoms with van der Waals surface area (Å²) in [5.74, 6) is -0.614. The summed E-state index contributed by atoms with van der Waals surface area (Å²) in [6.45, 7) is 2.26. The van der Waals surface area contributed by atoms with Gasteiger partial charge in [0.2, 0.25) is 0 Å². The van der Waals surface area contributed by atoms with E-state index in [0.29, 0.717) is 6.42 Å². The predicted octanol–water partition coefficient (Wildman–Crippen LogP) is 5.31. The third-order valence-corrected chi connectivity index (χ3v) is 4.39. The first-order chi connectivity index (χ1) is 10.7. The Morgan fingerprint density at radius 3 is 1.36 bits per heavy atom. The fourth-order valence-electron chi connectivity index (χ4n) is 2.84. The highest BCUT2D eigenvalue weighted by Gasteiger charge is 2.14. The van der Waals surface area contributed by atoms with Crippen LogP contribution in [0.4, 0.5) is 0 Å². The zero-order chi connectivity index (χ0) is 16.5. The number of rotatable bonds is 16. The molecule has 0 aromatic heterocycles. The second-order valence-electron chi connectivity index (χ2n) is 6.53. The van der Waals surface area contributed by atoms with E-state index in [0.717, 1.165) is 12.8 Å². The summed E-state index contributed by atoms with van der Waals surface area (Å²) in [4.78, 5) is 0. The molecule has 3 heteroatoms. The van der Waals surface area contributed by atoms with E-state index in [1.165, 1.54) is 77.0 Å². The fraction of sp³-hybridized carbons (Fsp3) is 0.947. The van der Waals surface area contributed by atoms with Gasteiger partial charge in [-0.1, -0.05) is 96.8 Å². The van der Waals surface area contributed by atoms with Crippen molar-refractivity contribution in [1.29, 1.82) is 5.26 Å². The highest BCUT2D eigenvalue weighted by Crippen LogP contribution is 2.15. The van der Waals surface area contributed by atoms with Crippen molar-refractivity contribution < 1.29 is 10.2 Å². The molecule has 130 valence electrons. The first-order valence-electron chi connectivity index (χ1n) is 9.48. The van der Waals surface area contributed by atoms with Gasteiger partial charge in [0.15, 0.2) is 6.29 Å². The zero-order valence-electron chi connectivity index (χ0n) is 14.6. The number of unbranched alkanes of at least 4 members (excludes halogenated alkanes) is 13. The Kier molecular flexibility index (Phi) is 16.3. The molecule has 0 aliphatic carbocycles. The lowest BCUT2D eigenvalue weighted by Gasteiger charge is -2.10. The first-order valence-corrected chi connectivity index (χ1v) is 9.48. The Morgan fingerprint density at radius 1 is 0.682 bits per heavy atom. The molecule has 3 nitrogen and oxygen atoms in total. The Bertz CT molecular complexity index is 261. The molecule has 1 unspecified atom stereocenters. The van der Waals surface area contributed by atoms with Crippen molar-refractivity contribution in [2.75, 3.05) is 0 Å². The second kappa shape index (κ2) is 16.8. The Balaban J connectivity index is 3.13. The van der Waals surface area contributed by atoms with Crippen LogP contribution in [0.1, 0.15) is 103 Å². The molecule has 2 N–H and O–H groups in total. The molecule has 0 saturated carbocycles. The quantitative estimate of drug-likeness (QED) is 0.300. The number of hydrogen-bond donors (Lipinski definition) is 2. The van der Waals surface area contributed by atoms with E-state index >= 15 is 0 Å². The van der Waals surface area contributed by atoms with Gasteiger partial charge in [-0.25, -0.2) is 0 Å². The van der Waals surface area contributed by atoms with Crippen molar-refractivity contribution in [2.45, 2.75) is 110 Å². The average molecular weight is 312 g/mol. The van der Waals surface area contributed by atoms with Gasteiger partial charge in [0.05, 0.1) is 12.0 Å². The monoisotopic (exact) mass is 311 g/mol. The van der Waals surface area contributed by atoms with Crippen molar-refractivity contribution in [3.05, 3.63) is 0 Å². The number of aliphatic hydroxyl groups excluding tert-OH is 1. The van der Waals surface area contributed by atoms with E-state index in [-0.39, 0.29) is 0 Å². The van der Waals surface area contributed by atoms with E-state index in [1.54, 1.807) is 0 Å². The van der Waals surface area contributed by atoms with Crippen molar-refractivity contribution in [3.8, 4) is 6.07 Å². The normalized spacial score (nSPS) is 12.5. The molecule has 0 aromatic carbocycles. The minimum Gasteiger partial charge on any atom is -0.367 e. The number of nitriles is 1. The molecular formula is C19H37NO2. The van der Waals surface area contributed by atoms with E-state index in [9.17, 15) is 0 Å². The molecule has 0 aliphatic heterocycles. The van der Waals surface area contributed by atoms with Crippen molar-refractivity contribution >= 4 is 0 Å². The van der Waals surface area contributed by atoms with Gasteiger partial charge in [0.25, 0.3) is 0 Å². The highest BCUT2D eigenvalue weighted by molar-refractivity contribution is 4.83. The molecule has 0 saturated heterocycles. The van der Waals surface area contributed by atoms with Gasteiger partial charge in [-0.3, -0.25) is 0 Å². The van der Waals surface area contributed by atoms with Crippen LogP contribution in [0.25, 0.3) is 0 Å². The maximum atomic E-state index is 8.95. The van der Waals surface area contributed by atoms with Crippen molar-refractivity contribution in [3.63, 3.8) is 0 Å². The highest BCUT2D eigenvalue weighted by atomic mass is 16.5. The van der Waals surface area contributed by atoms with Crippen LogP contribution in [-0.2, 0) is 0 Å². The number of nitrogens with zero attached hydrogens (tertiary/aromatic N) is 1. The summed E-state index contributed by atoms with van der Waals surface area (Å²) in [6.07, 6.45) is 17.4. The largest absolute Gasteiger partial charge is 0.367 e. The van der Waals surface area contributed by atoms with Crippen LogP contribution in [0.2, 0.25) is 0 Å². The summed E-state index contributed by atoms with van der Waals surface area (Å²) in [7, 11) is 0. The molecule has 0 bridgehead atoms. The van der Waals surface area contributed by atoms with Crippen LogP contribution in [0.15, 0.2) is 0 Å². The minimum absolute atomic E-state index is 0.603. The molecular weight excluding hydrogens is 274 g/mol. The Labute approximate surface area is 137 Å². The van der Waals surface area contributed by atoms with Crippen LogP contribution >= 0.6 is 0 Å². The van der Waals surface area contributed by atoms with Gasteiger partial charge in [0.1, 0.15) is 0 Å². The van der Waals surface area contributed by atoms with Crippen LogP contribution in [0.3, 0.4) is 0 Å². The van der Waals surface area contributed by atoms with Gasteiger partial charge in [-0.15, -0.1) is 0 Å². The lowest BCUT2D eigenvalue weighted by molar-refractivity contribution is -0.0700.